The molecule has 0 bridgehead atoms. The second kappa shape index (κ2) is 7.86. The summed E-state index contributed by atoms with van der Waals surface area (Å²) in [6, 6.07) is 3.40. The monoisotopic (exact) mass is 324 g/mol. The first kappa shape index (κ1) is 17.9. The zero-order chi connectivity index (χ0) is 17.0. The fourth-order valence-electron chi connectivity index (χ4n) is 3.27. The minimum Gasteiger partial charge on any atom is -0.339 e. The lowest BCUT2D eigenvalue weighted by Crippen LogP contribution is -2.47. The van der Waals surface area contributed by atoms with Crippen molar-refractivity contribution in [2.24, 2.45) is 0 Å². The number of piperidine rings is 1. The molecule has 1 aromatic rings. The number of carbonyl (C=O) groups excluding carboxylic acids is 1. The van der Waals surface area contributed by atoms with Crippen LogP contribution in [0.25, 0.3) is 0 Å². The van der Waals surface area contributed by atoms with Gasteiger partial charge in [0.2, 0.25) is 5.91 Å². The highest BCUT2D eigenvalue weighted by Gasteiger charge is 2.27. The van der Waals surface area contributed by atoms with E-state index in [-0.39, 0.29) is 24.1 Å². The van der Waals surface area contributed by atoms with Gasteiger partial charge in [-0.1, -0.05) is 6.92 Å². The van der Waals surface area contributed by atoms with E-state index in [2.05, 4.69) is 6.92 Å². The molecule has 1 heterocycles. The van der Waals surface area contributed by atoms with Crippen LogP contribution in [0.1, 0.15) is 51.1 Å². The third-order valence-corrected chi connectivity index (χ3v) is 4.87. The molecule has 2 unspecified atom stereocenters. The molecule has 0 saturated carbocycles. The summed E-state index contributed by atoms with van der Waals surface area (Å²) in [6.07, 6.45) is 4.23. The van der Waals surface area contributed by atoms with Gasteiger partial charge in [-0.05, 0) is 57.9 Å². The molecule has 3 nitrogen and oxygen atoms in total. The maximum Gasteiger partial charge on any atom is 0.237 e. The predicted octanol–water partition coefficient (Wildman–Crippen LogP) is 3.75. The number of halogens is 2. The number of carbonyl (C=O) groups is 1. The van der Waals surface area contributed by atoms with Gasteiger partial charge in [-0.15, -0.1) is 0 Å². The summed E-state index contributed by atoms with van der Waals surface area (Å²) in [5.74, 6) is -0.833. The molecular weight excluding hydrogens is 298 g/mol. The molecule has 1 aromatic carbocycles. The van der Waals surface area contributed by atoms with Crippen molar-refractivity contribution in [2.45, 2.75) is 51.6 Å². The van der Waals surface area contributed by atoms with E-state index in [1.165, 1.54) is 12.5 Å². The fourth-order valence-corrected chi connectivity index (χ4v) is 3.27. The maximum absolute atomic E-state index is 13.9. The van der Waals surface area contributed by atoms with Gasteiger partial charge < -0.3 is 4.90 Å². The van der Waals surface area contributed by atoms with Crippen LogP contribution in [0.15, 0.2) is 18.2 Å². The third kappa shape index (κ3) is 4.28. The lowest BCUT2D eigenvalue weighted by Gasteiger charge is -2.37. The molecule has 1 amide bonds. The first-order chi connectivity index (χ1) is 10.9. The van der Waals surface area contributed by atoms with E-state index in [9.17, 15) is 13.6 Å². The molecule has 1 aliphatic heterocycles. The van der Waals surface area contributed by atoms with Gasteiger partial charge in [-0.25, -0.2) is 8.78 Å². The summed E-state index contributed by atoms with van der Waals surface area (Å²) < 4.78 is 27.3. The van der Waals surface area contributed by atoms with Crippen molar-refractivity contribution in [2.75, 3.05) is 20.1 Å². The third-order valence-electron chi connectivity index (χ3n) is 4.87. The van der Waals surface area contributed by atoms with Crippen LogP contribution >= 0.6 is 0 Å². The number of rotatable bonds is 5. The zero-order valence-electron chi connectivity index (χ0n) is 14.2. The van der Waals surface area contributed by atoms with Gasteiger partial charge in [-0.3, -0.25) is 9.69 Å². The molecule has 0 spiro atoms. The normalized spacial score (nSPS) is 19.9. The molecule has 1 saturated heterocycles. The Morgan fingerprint density at radius 1 is 1.39 bits per heavy atom. The SMILES string of the molecule is CCC1CCCCN1C(=O)CN(C)C(C)c1cc(F)ccc1F. The van der Waals surface area contributed by atoms with Crippen LogP contribution in [0.3, 0.4) is 0 Å². The highest BCUT2D eigenvalue weighted by molar-refractivity contribution is 5.78. The summed E-state index contributed by atoms with van der Waals surface area (Å²) in [7, 11) is 1.78. The summed E-state index contributed by atoms with van der Waals surface area (Å²) in [5.41, 5.74) is 0.283. The van der Waals surface area contributed by atoms with E-state index in [0.29, 0.717) is 6.04 Å². The van der Waals surface area contributed by atoms with Crippen LogP contribution in [0.2, 0.25) is 0 Å². The maximum atomic E-state index is 13.9. The number of nitrogens with zero attached hydrogens (tertiary/aromatic N) is 2. The van der Waals surface area contributed by atoms with Crippen LogP contribution in [0, 0.1) is 11.6 Å². The Morgan fingerprint density at radius 3 is 2.83 bits per heavy atom. The highest BCUT2D eigenvalue weighted by Crippen LogP contribution is 2.24. The average molecular weight is 324 g/mol. The minimum absolute atomic E-state index is 0.0720. The Hall–Kier alpha value is -1.49. The van der Waals surface area contributed by atoms with E-state index < -0.39 is 11.6 Å². The number of hydrogen-bond donors (Lipinski definition) is 0. The summed E-state index contributed by atoms with van der Waals surface area (Å²) in [5, 5.41) is 0. The first-order valence-corrected chi connectivity index (χ1v) is 8.38. The number of benzene rings is 1. The van der Waals surface area contributed by atoms with Crippen LogP contribution in [-0.4, -0.2) is 41.9 Å². The Morgan fingerprint density at radius 2 is 2.13 bits per heavy atom. The molecule has 1 fully saturated rings. The molecule has 0 aliphatic carbocycles. The lowest BCUT2D eigenvalue weighted by molar-refractivity contribution is -0.136. The Balaban J connectivity index is 2.03. The average Bonchev–Trinajstić information content (AvgIpc) is 2.56. The Bertz CT molecular complexity index is 550. The van der Waals surface area contributed by atoms with Crippen molar-refractivity contribution < 1.29 is 13.6 Å². The lowest BCUT2D eigenvalue weighted by atomic mass is 10.00. The smallest absolute Gasteiger partial charge is 0.237 e. The highest BCUT2D eigenvalue weighted by atomic mass is 19.1. The minimum atomic E-state index is -0.463. The van der Waals surface area contributed by atoms with Gasteiger partial charge >= 0.3 is 0 Å². The Labute approximate surface area is 137 Å². The number of amides is 1. The van der Waals surface area contributed by atoms with Crippen LogP contribution < -0.4 is 0 Å². The number of likely N-dealkylation sites (tertiary alicyclic amines) is 1. The topological polar surface area (TPSA) is 23.6 Å². The van der Waals surface area contributed by atoms with Crippen molar-refractivity contribution in [1.29, 1.82) is 0 Å². The molecule has 0 N–H and O–H groups in total. The van der Waals surface area contributed by atoms with Crippen molar-refractivity contribution in [3.63, 3.8) is 0 Å². The standard InChI is InChI=1S/C18H26F2N2O/c1-4-15-7-5-6-10-22(15)18(23)12-21(3)13(2)16-11-14(19)8-9-17(16)20/h8-9,11,13,15H,4-7,10,12H2,1-3H3. The van der Waals surface area contributed by atoms with Gasteiger partial charge in [0.15, 0.2) is 0 Å². The predicted molar refractivity (Wildman–Crippen MR) is 87.0 cm³/mol. The molecule has 1 aliphatic rings. The van der Waals surface area contributed by atoms with E-state index in [0.717, 1.165) is 37.9 Å². The van der Waals surface area contributed by atoms with Gasteiger partial charge in [-0.2, -0.15) is 0 Å². The van der Waals surface area contributed by atoms with Crippen molar-refractivity contribution in [1.82, 2.24) is 9.80 Å². The summed E-state index contributed by atoms with van der Waals surface area (Å²) in [4.78, 5) is 16.3. The van der Waals surface area contributed by atoms with Gasteiger partial charge in [0, 0.05) is 24.2 Å². The van der Waals surface area contributed by atoms with E-state index >= 15 is 0 Å². The molecule has 128 valence electrons. The van der Waals surface area contributed by atoms with Crippen LogP contribution in [0.5, 0.6) is 0 Å². The molecule has 5 heteroatoms. The number of hydrogen-bond acceptors (Lipinski definition) is 2. The van der Waals surface area contributed by atoms with Crippen molar-refractivity contribution >= 4 is 5.91 Å². The largest absolute Gasteiger partial charge is 0.339 e. The van der Waals surface area contributed by atoms with Crippen LogP contribution in [-0.2, 0) is 4.79 Å². The second-order valence-corrected chi connectivity index (χ2v) is 6.40. The van der Waals surface area contributed by atoms with Crippen LogP contribution in [0.4, 0.5) is 8.78 Å². The van der Waals surface area contributed by atoms with Gasteiger partial charge in [0.25, 0.3) is 0 Å². The van der Waals surface area contributed by atoms with E-state index in [1.54, 1.807) is 18.9 Å². The Kier molecular flexibility index (Phi) is 6.10. The summed E-state index contributed by atoms with van der Waals surface area (Å²) >= 11 is 0. The molecule has 0 radical (unpaired) electrons. The van der Waals surface area contributed by atoms with Gasteiger partial charge in [0.1, 0.15) is 11.6 Å². The molecular formula is C18H26F2N2O. The first-order valence-electron chi connectivity index (χ1n) is 8.38. The quantitative estimate of drug-likeness (QED) is 0.823. The molecule has 0 aromatic heterocycles. The number of likely N-dealkylation sites (N-methyl/N-ethyl adjacent to an activating group) is 1. The van der Waals surface area contributed by atoms with E-state index in [4.69, 9.17) is 0 Å². The summed E-state index contributed by atoms with van der Waals surface area (Å²) in [6.45, 7) is 4.91. The molecule has 2 rings (SSSR count). The van der Waals surface area contributed by atoms with E-state index in [1.807, 2.05) is 4.90 Å². The van der Waals surface area contributed by atoms with Crippen molar-refractivity contribution in [3.05, 3.63) is 35.4 Å². The zero-order valence-corrected chi connectivity index (χ0v) is 14.2. The molecule has 2 atom stereocenters. The molecule has 23 heavy (non-hydrogen) atoms. The fraction of sp³-hybridized carbons (Fsp3) is 0.611. The van der Waals surface area contributed by atoms with Gasteiger partial charge in [0.05, 0.1) is 6.54 Å². The second-order valence-electron chi connectivity index (χ2n) is 6.40. The van der Waals surface area contributed by atoms with Crippen molar-refractivity contribution in [3.8, 4) is 0 Å².